The molecular formula is C22H25ClF3N5O3. The number of nitrogens with zero attached hydrogens (tertiary/aromatic N) is 2. The Balaban J connectivity index is 1.79. The van der Waals surface area contributed by atoms with Crippen molar-refractivity contribution in [3.8, 4) is 11.3 Å². The third-order valence-corrected chi connectivity index (χ3v) is 6.85. The maximum Gasteiger partial charge on any atom is 0.405 e. The van der Waals surface area contributed by atoms with Gasteiger partial charge in [0.05, 0.1) is 11.3 Å². The fraction of sp³-hybridized carbons (Fsp3) is 0.500. The molecule has 34 heavy (non-hydrogen) atoms. The van der Waals surface area contributed by atoms with Crippen molar-refractivity contribution in [1.29, 1.82) is 0 Å². The van der Waals surface area contributed by atoms with E-state index in [1.807, 2.05) is 6.92 Å². The number of halogens is 4. The number of fused-ring (bicyclic) bond motifs is 1. The van der Waals surface area contributed by atoms with Crippen molar-refractivity contribution in [3.63, 3.8) is 0 Å². The number of hydrogen-bond donors (Lipinski definition) is 4. The van der Waals surface area contributed by atoms with Crippen molar-refractivity contribution in [1.82, 2.24) is 15.0 Å². The number of aromatic nitrogens is 3. The topological polar surface area (TPSA) is 116 Å². The highest BCUT2D eigenvalue weighted by Crippen LogP contribution is 2.42. The molecule has 3 heterocycles. The van der Waals surface area contributed by atoms with Crippen molar-refractivity contribution in [2.24, 2.45) is 17.8 Å². The van der Waals surface area contributed by atoms with Gasteiger partial charge in [-0.05, 0) is 37.2 Å². The van der Waals surface area contributed by atoms with E-state index in [4.69, 9.17) is 16.0 Å². The second-order valence-corrected chi connectivity index (χ2v) is 9.19. The van der Waals surface area contributed by atoms with Gasteiger partial charge in [0, 0.05) is 24.1 Å². The highest BCUT2D eigenvalue weighted by atomic mass is 35.5. The van der Waals surface area contributed by atoms with Crippen LogP contribution in [0.15, 0.2) is 21.3 Å². The zero-order chi connectivity index (χ0) is 24.8. The predicted molar refractivity (Wildman–Crippen MR) is 123 cm³/mol. The van der Waals surface area contributed by atoms with Gasteiger partial charge >= 0.3 is 6.18 Å². The summed E-state index contributed by atoms with van der Waals surface area (Å²) in [6.45, 7) is 4.50. The summed E-state index contributed by atoms with van der Waals surface area (Å²) in [5, 5.41) is 15.6. The highest BCUT2D eigenvalue weighted by Gasteiger charge is 2.38. The molecule has 0 aromatic carbocycles. The van der Waals surface area contributed by atoms with Gasteiger partial charge in [0.1, 0.15) is 23.3 Å². The van der Waals surface area contributed by atoms with Gasteiger partial charge in [-0.1, -0.05) is 25.4 Å². The van der Waals surface area contributed by atoms with Crippen molar-refractivity contribution in [3.05, 3.63) is 33.3 Å². The van der Waals surface area contributed by atoms with E-state index >= 15 is 0 Å². The first-order chi connectivity index (χ1) is 16.0. The van der Waals surface area contributed by atoms with E-state index in [9.17, 15) is 23.1 Å². The molecule has 4 N–H and O–H groups in total. The smallest absolute Gasteiger partial charge is 0.405 e. The maximum atomic E-state index is 12.7. The largest absolute Gasteiger partial charge is 0.454 e. The summed E-state index contributed by atoms with van der Waals surface area (Å²) in [6.07, 6.45) is -3.81. The second-order valence-electron chi connectivity index (χ2n) is 8.83. The number of hydrogen-bond acceptors (Lipinski definition) is 7. The van der Waals surface area contributed by atoms with Gasteiger partial charge in [0.25, 0.3) is 0 Å². The van der Waals surface area contributed by atoms with Crippen molar-refractivity contribution in [2.45, 2.75) is 39.4 Å². The molecule has 0 amide bonds. The molecule has 4 unspecified atom stereocenters. The Labute approximate surface area is 197 Å². The minimum atomic E-state index is -4.46. The number of alkyl halides is 3. The molecular weight excluding hydrogens is 475 g/mol. The monoisotopic (exact) mass is 499 g/mol. The molecule has 184 valence electrons. The van der Waals surface area contributed by atoms with Crippen LogP contribution in [0.25, 0.3) is 22.3 Å². The van der Waals surface area contributed by atoms with Crippen molar-refractivity contribution >= 4 is 34.3 Å². The van der Waals surface area contributed by atoms with Crippen LogP contribution < -0.4 is 16.2 Å². The molecule has 1 aliphatic carbocycles. The highest BCUT2D eigenvalue weighted by molar-refractivity contribution is 6.32. The number of aliphatic hydroxyl groups is 1. The van der Waals surface area contributed by atoms with E-state index in [1.54, 1.807) is 13.0 Å². The minimum absolute atomic E-state index is 0.0380. The summed E-state index contributed by atoms with van der Waals surface area (Å²) in [5.74, 6) is 0.649. The number of anilines is 2. The number of pyridine rings is 1. The summed E-state index contributed by atoms with van der Waals surface area (Å²) >= 11 is 6.44. The normalized spacial score (nSPS) is 22.9. The Morgan fingerprint density at radius 1 is 1.26 bits per heavy atom. The van der Waals surface area contributed by atoms with Gasteiger partial charge in [-0.2, -0.15) is 18.2 Å². The molecule has 4 atom stereocenters. The zero-order valence-corrected chi connectivity index (χ0v) is 19.5. The molecule has 0 aliphatic heterocycles. The predicted octanol–water partition coefficient (Wildman–Crippen LogP) is 4.58. The molecule has 3 aromatic rings. The fourth-order valence-electron chi connectivity index (χ4n) is 4.52. The lowest BCUT2D eigenvalue weighted by molar-refractivity contribution is -0.115. The number of nitrogens with one attached hydrogen (secondary N) is 3. The Morgan fingerprint density at radius 3 is 2.65 bits per heavy atom. The Bertz CT molecular complexity index is 1260. The fourth-order valence-corrected chi connectivity index (χ4v) is 4.78. The van der Waals surface area contributed by atoms with E-state index in [-0.39, 0.29) is 64.2 Å². The van der Waals surface area contributed by atoms with Crippen LogP contribution in [0.3, 0.4) is 0 Å². The first kappa shape index (κ1) is 24.3. The molecule has 1 saturated carbocycles. The summed E-state index contributed by atoms with van der Waals surface area (Å²) in [6, 6.07) is 2.89. The molecule has 3 aromatic heterocycles. The zero-order valence-electron chi connectivity index (χ0n) is 18.8. The minimum Gasteiger partial charge on any atom is -0.454 e. The van der Waals surface area contributed by atoms with Crippen molar-refractivity contribution < 1.29 is 22.7 Å². The standard InChI is InChI=1S/C22H25ClF3N5O3/c1-9-10(2)14(4-13(9)7-32)29-20-17(19(23)30-21(31-20)27-8-22(24,25)26)15-5-12-6-16(33)28-11(3)18(12)34-15/h5-6,9-10,13-14,32H,4,7-8H2,1-3H3,(H,28,33)(H2,27,29,30,31). The van der Waals surface area contributed by atoms with Crippen molar-refractivity contribution in [2.75, 3.05) is 23.8 Å². The first-order valence-corrected chi connectivity index (χ1v) is 11.2. The van der Waals surface area contributed by atoms with Crippen LogP contribution in [0.5, 0.6) is 0 Å². The Kier molecular flexibility index (Phi) is 6.52. The summed E-state index contributed by atoms with van der Waals surface area (Å²) in [7, 11) is 0. The SMILES string of the molecule is Cc1[nH]c(=O)cc2cc(-c3c(Cl)nc(NCC(F)(F)F)nc3NC3CC(CO)C(C)C3C)oc12. The average molecular weight is 500 g/mol. The molecule has 12 heteroatoms. The van der Waals surface area contributed by atoms with Crippen LogP contribution in [-0.2, 0) is 0 Å². The van der Waals surface area contributed by atoms with Gasteiger partial charge in [0.15, 0.2) is 5.58 Å². The number of furan rings is 1. The summed E-state index contributed by atoms with van der Waals surface area (Å²) in [5.41, 5.74) is 0.940. The van der Waals surface area contributed by atoms with Crippen LogP contribution in [0.2, 0.25) is 5.15 Å². The summed E-state index contributed by atoms with van der Waals surface area (Å²) < 4.78 is 44.2. The first-order valence-electron chi connectivity index (χ1n) is 10.9. The summed E-state index contributed by atoms with van der Waals surface area (Å²) in [4.78, 5) is 22.8. The third-order valence-electron chi connectivity index (χ3n) is 6.58. The lowest BCUT2D eigenvalue weighted by Gasteiger charge is -2.22. The Hall–Kier alpha value is -2.79. The maximum absolute atomic E-state index is 12.7. The number of aryl methyl sites for hydroxylation is 1. The number of aliphatic hydroxyl groups excluding tert-OH is 1. The van der Waals surface area contributed by atoms with E-state index < -0.39 is 12.7 Å². The molecule has 1 aliphatic rings. The molecule has 0 bridgehead atoms. The molecule has 4 rings (SSSR count). The van der Waals surface area contributed by atoms with E-state index in [1.165, 1.54) is 6.07 Å². The second kappa shape index (κ2) is 9.10. The van der Waals surface area contributed by atoms with Gasteiger partial charge in [0.2, 0.25) is 11.5 Å². The van der Waals surface area contributed by atoms with Crippen LogP contribution in [0, 0.1) is 24.7 Å². The van der Waals surface area contributed by atoms with Crippen LogP contribution in [-0.4, -0.2) is 45.4 Å². The van der Waals surface area contributed by atoms with E-state index in [0.717, 1.165) is 0 Å². The molecule has 0 spiro atoms. The molecule has 0 saturated heterocycles. The van der Waals surface area contributed by atoms with E-state index in [2.05, 4.69) is 32.5 Å². The number of H-pyrrole nitrogens is 1. The van der Waals surface area contributed by atoms with Gasteiger partial charge in [-0.25, -0.2) is 4.98 Å². The van der Waals surface area contributed by atoms with Crippen LogP contribution in [0.4, 0.5) is 24.9 Å². The molecule has 1 fully saturated rings. The average Bonchev–Trinajstić information content (AvgIpc) is 3.28. The number of rotatable bonds is 6. The van der Waals surface area contributed by atoms with Crippen LogP contribution >= 0.6 is 11.6 Å². The Morgan fingerprint density at radius 2 is 2.00 bits per heavy atom. The molecule has 8 nitrogen and oxygen atoms in total. The third kappa shape index (κ3) is 4.85. The van der Waals surface area contributed by atoms with Gasteiger partial charge in [-0.15, -0.1) is 0 Å². The molecule has 0 radical (unpaired) electrons. The van der Waals surface area contributed by atoms with Gasteiger partial charge < -0.3 is 25.1 Å². The lowest BCUT2D eigenvalue weighted by atomic mass is 9.92. The number of aromatic amines is 1. The lowest BCUT2D eigenvalue weighted by Crippen LogP contribution is -2.26. The van der Waals surface area contributed by atoms with Crippen LogP contribution in [0.1, 0.15) is 26.0 Å². The quantitative estimate of drug-likeness (QED) is 0.367. The van der Waals surface area contributed by atoms with Gasteiger partial charge in [-0.3, -0.25) is 4.79 Å². The van der Waals surface area contributed by atoms with E-state index in [0.29, 0.717) is 23.1 Å².